The molecule has 0 fully saturated rings. The van der Waals surface area contributed by atoms with Crippen molar-refractivity contribution in [1.82, 2.24) is 4.90 Å². The van der Waals surface area contributed by atoms with E-state index in [4.69, 9.17) is 0 Å². The molecule has 26 heavy (non-hydrogen) atoms. The van der Waals surface area contributed by atoms with Gasteiger partial charge in [-0.1, -0.05) is 84.4 Å². The molecule has 0 spiro atoms. The summed E-state index contributed by atoms with van der Waals surface area (Å²) in [6, 6.07) is 26.3. The number of nitrogens with zero attached hydrogens (tertiary/aromatic N) is 1. The van der Waals surface area contributed by atoms with Gasteiger partial charge in [0.25, 0.3) is 0 Å². The van der Waals surface area contributed by atoms with Crippen LogP contribution in [0.1, 0.15) is 35.1 Å². The molecule has 1 aliphatic carbocycles. The number of allylic oxidation sites excluding steroid dienone is 1. The van der Waals surface area contributed by atoms with Crippen molar-refractivity contribution in [2.24, 2.45) is 0 Å². The van der Waals surface area contributed by atoms with Crippen LogP contribution in [0.5, 0.6) is 0 Å². The summed E-state index contributed by atoms with van der Waals surface area (Å²) in [4.78, 5) is 2.24. The molecule has 1 unspecified atom stereocenters. The Kier molecular flexibility index (Phi) is 4.48. The predicted octanol–water partition coefficient (Wildman–Crippen LogP) is 5.96. The van der Waals surface area contributed by atoms with E-state index in [-0.39, 0.29) is 0 Å². The molecule has 0 amide bonds. The Morgan fingerprint density at radius 1 is 0.769 bits per heavy atom. The van der Waals surface area contributed by atoms with Crippen molar-refractivity contribution in [1.29, 1.82) is 0 Å². The van der Waals surface area contributed by atoms with E-state index in [1.54, 1.807) is 0 Å². The van der Waals surface area contributed by atoms with Crippen LogP contribution in [0.2, 0.25) is 0 Å². The summed E-state index contributed by atoms with van der Waals surface area (Å²) < 4.78 is 0. The lowest BCUT2D eigenvalue weighted by Gasteiger charge is -2.21. The molecule has 0 heterocycles. The Balaban J connectivity index is 1.84. The summed E-state index contributed by atoms with van der Waals surface area (Å²) in [5.41, 5.74) is 9.68. The fraction of sp³-hybridized carbons (Fsp3) is 0.200. The molecule has 0 saturated carbocycles. The molecule has 1 heteroatoms. The van der Waals surface area contributed by atoms with Gasteiger partial charge >= 0.3 is 0 Å². The molecule has 3 aromatic carbocycles. The monoisotopic (exact) mass is 339 g/mol. The van der Waals surface area contributed by atoms with Gasteiger partial charge in [0.2, 0.25) is 0 Å². The summed E-state index contributed by atoms with van der Waals surface area (Å²) in [7, 11) is 4.27. The van der Waals surface area contributed by atoms with Crippen molar-refractivity contribution in [3.05, 3.63) is 101 Å². The van der Waals surface area contributed by atoms with E-state index in [2.05, 4.69) is 105 Å². The van der Waals surface area contributed by atoms with E-state index in [9.17, 15) is 0 Å². The maximum Gasteiger partial charge on any atom is 0.0308 e. The van der Waals surface area contributed by atoms with Gasteiger partial charge in [0.05, 0.1) is 0 Å². The molecule has 0 saturated heterocycles. The summed E-state index contributed by atoms with van der Waals surface area (Å²) >= 11 is 0. The first-order valence-corrected chi connectivity index (χ1v) is 9.24. The Bertz CT molecular complexity index is 951. The van der Waals surface area contributed by atoms with Crippen molar-refractivity contribution < 1.29 is 0 Å². The normalized spacial score (nSPS) is 15.8. The maximum atomic E-state index is 2.38. The smallest absolute Gasteiger partial charge is 0.0308 e. The molecule has 0 N–H and O–H groups in total. The zero-order valence-corrected chi connectivity index (χ0v) is 15.7. The van der Waals surface area contributed by atoms with Crippen molar-refractivity contribution in [2.45, 2.75) is 19.4 Å². The standard InChI is InChI=1S/C25H25N/c1-18-16-24-21(19-10-5-4-6-11-19)14-9-15-23(24)25(18)22-13-8-7-12-20(22)17-26(2)3/h4-16,25H,17H2,1-3H3. The summed E-state index contributed by atoms with van der Waals surface area (Å²) in [5.74, 6) is 0.352. The fourth-order valence-corrected chi connectivity index (χ4v) is 4.13. The lowest BCUT2D eigenvalue weighted by molar-refractivity contribution is 0.400. The van der Waals surface area contributed by atoms with E-state index < -0.39 is 0 Å². The van der Waals surface area contributed by atoms with E-state index >= 15 is 0 Å². The van der Waals surface area contributed by atoms with Crippen molar-refractivity contribution in [3.63, 3.8) is 0 Å². The van der Waals surface area contributed by atoms with Crippen LogP contribution in [0.25, 0.3) is 17.2 Å². The molecule has 1 aliphatic rings. The summed E-state index contributed by atoms with van der Waals surface area (Å²) in [6.45, 7) is 3.24. The van der Waals surface area contributed by atoms with Crippen LogP contribution in [0.4, 0.5) is 0 Å². The van der Waals surface area contributed by atoms with Crippen LogP contribution in [-0.4, -0.2) is 19.0 Å². The summed E-state index contributed by atoms with van der Waals surface area (Å²) in [6.07, 6.45) is 2.38. The Labute approximate surface area is 156 Å². The highest BCUT2D eigenvalue weighted by atomic mass is 15.0. The first-order chi connectivity index (χ1) is 12.6. The van der Waals surface area contributed by atoms with E-state index in [0.29, 0.717) is 5.92 Å². The molecular formula is C25H25N. The van der Waals surface area contributed by atoms with Gasteiger partial charge in [-0.2, -0.15) is 0 Å². The van der Waals surface area contributed by atoms with Gasteiger partial charge in [0.15, 0.2) is 0 Å². The average molecular weight is 339 g/mol. The topological polar surface area (TPSA) is 3.24 Å². The number of hydrogen-bond donors (Lipinski definition) is 0. The molecule has 4 rings (SSSR count). The molecule has 0 aliphatic heterocycles. The van der Waals surface area contributed by atoms with Gasteiger partial charge in [-0.05, 0) is 54.4 Å². The second-order valence-corrected chi connectivity index (χ2v) is 7.43. The number of hydrogen-bond acceptors (Lipinski definition) is 1. The number of rotatable bonds is 4. The Hall–Kier alpha value is -2.64. The van der Waals surface area contributed by atoms with E-state index in [1.807, 2.05) is 0 Å². The third kappa shape index (κ3) is 3.00. The second-order valence-electron chi connectivity index (χ2n) is 7.43. The SMILES string of the molecule is CC1=Cc2c(-c3ccccc3)cccc2C1c1ccccc1CN(C)C. The highest BCUT2D eigenvalue weighted by molar-refractivity contribution is 5.82. The largest absolute Gasteiger partial charge is 0.305 e. The maximum absolute atomic E-state index is 2.38. The van der Waals surface area contributed by atoms with Crippen molar-refractivity contribution in [2.75, 3.05) is 14.1 Å². The van der Waals surface area contributed by atoms with Gasteiger partial charge in [-0.3, -0.25) is 0 Å². The molecule has 1 atom stereocenters. The van der Waals surface area contributed by atoms with Crippen LogP contribution in [-0.2, 0) is 6.54 Å². The molecular weight excluding hydrogens is 314 g/mol. The molecule has 0 bridgehead atoms. The van der Waals surface area contributed by atoms with E-state index in [0.717, 1.165) is 6.54 Å². The first-order valence-electron chi connectivity index (χ1n) is 9.24. The number of benzene rings is 3. The third-order valence-corrected chi connectivity index (χ3v) is 5.22. The average Bonchev–Trinajstić information content (AvgIpc) is 2.98. The lowest BCUT2D eigenvalue weighted by atomic mass is 9.85. The minimum absolute atomic E-state index is 0.352. The highest BCUT2D eigenvalue weighted by Gasteiger charge is 2.27. The Morgan fingerprint density at radius 3 is 2.23 bits per heavy atom. The van der Waals surface area contributed by atoms with Crippen LogP contribution in [0.15, 0.2) is 78.4 Å². The Morgan fingerprint density at radius 2 is 1.46 bits per heavy atom. The predicted molar refractivity (Wildman–Crippen MR) is 111 cm³/mol. The minimum Gasteiger partial charge on any atom is -0.305 e. The molecule has 130 valence electrons. The van der Waals surface area contributed by atoms with Crippen LogP contribution >= 0.6 is 0 Å². The highest BCUT2D eigenvalue weighted by Crippen LogP contribution is 2.45. The molecule has 0 radical (unpaired) electrons. The summed E-state index contributed by atoms with van der Waals surface area (Å²) in [5, 5.41) is 0. The first kappa shape index (κ1) is 16.8. The van der Waals surface area contributed by atoms with E-state index in [1.165, 1.54) is 39.0 Å². The quantitative estimate of drug-likeness (QED) is 0.566. The van der Waals surface area contributed by atoms with Crippen LogP contribution in [0, 0.1) is 0 Å². The van der Waals surface area contributed by atoms with Gasteiger partial charge in [-0.25, -0.2) is 0 Å². The molecule has 0 aromatic heterocycles. The van der Waals surface area contributed by atoms with Crippen molar-refractivity contribution >= 4 is 6.08 Å². The van der Waals surface area contributed by atoms with Gasteiger partial charge < -0.3 is 4.90 Å². The molecule has 3 aromatic rings. The lowest BCUT2D eigenvalue weighted by Crippen LogP contribution is -2.14. The minimum atomic E-state index is 0.352. The zero-order chi connectivity index (χ0) is 18.1. The van der Waals surface area contributed by atoms with Gasteiger partial charge in [0, 0.05) is 12.5 Å². The third-order valence-electron chi connectivity index (χ3n) is 5.22. The van der Waals surface area contributed by atoms with Crippen molar-refractivity contribution in [3.8, 4) is 11.1 Å². The van der Waals surface area contributed by atoms with Crippen LogP contribution in [0.3, 0.4) is 0 Å². The fourth-order valence-electron chi connectivity index (χ4n) is 4.13. The molecule has 1 nitrogen and oxygen atoms in total. The van der Waals surface area contributed by atoms with Gasteiger partial charge in [-0.15, -0.1) is 0 Å². The second kappa shape index (κ2) is 6.93. The van der Waals surface area contributed by atoms with Gasteiger partial charge in [0.1, 0.15) is 0 Å². The van der Waals surface area contributed by atoms with Crippen LogP contribution < -0.4 is 0 Å². The number of fused-ring (bicyclic) bond motifs is 1. The zero-order valence-electron chi connectivity index (χ0n) is 15.7.